The van der Waals surface area contributed by atoms with Gasteiger partial charge in [-0.2, -0.15) is 0 Å². The lowest BCUT2D eigenvalue weighted by molar-refractivity contribution is 0.110. The van der Waals surface area contributed by atoms with Crippen LogP contribution in [0, 0.1) is 0 Å². The number of hydrogen-bond donors (Lipinski definition) is 1. The minimum absolute atomic E-state index is 0. The van der Waals surface area contributed by atoms with Crippen molar-refractivity contribution in [2.45, 2.75) is 20.8 Å². The van der Waals surface area contributed by atoms with Gasteiger partial charge < -0.3 is 19.1 Å². The standard InChI is InChI=1S/C17H28N2O4.ClH/c1-4-19(5-2)10-11-23-17(20)18-15-8-7-9-16(14-15)22-13-12-21-6-3;/h7-9,14H,4-6,10-13H2,1-3H3,(H,18,20);1H. The Hall–Kier alpha value is -1.50. The number of halogens is 1. The SMILES string of the molecule is CCOCCOc1cccc(NC(=O)OCCN(CC)CC)c1.Cl. The van der Waals surface area contributed by atoms with Crippen LogP contribution in [-0.2, 0) is 9.47 Å². The predicted molar refractivity (Wildman–Crippen MR) is 98.4 cm³/mol. The molecule has 0 aliphatic heterocycles. The molecule has 0 aliphatic rings. The summed E-state index contributed by atoms with van der Waals surface area (Å²) in [5.74, 6) is 0.686. The van der Waals surface area contributed by atoms with Gasteiger partial charge in [0.25, 0.3) is 0 Å². The second kappa shape index (κ2) is 13.9. The molecule has 0 aromatic heterocycles. The third kappa shape index (κ3) is 9.60. The third-order valence-electron chi connectivity index (χ3n) is 3.32. The van der Waals surface area contributed by atoms with Gasteiger partial charge >= 0.3 is 6.09 Å². The Bertz CT molecular complexity index is 456. The van der Waals surface area contributed by atoms with E-state index in [1.807, 2.05) is 19.1 Å². The number of carbonyl (C=O) groups excluding carboxylic acids is 1. The molecule has 0 saturated heterocycles. The summed E-state index contributed by atoms with van der Waals surface area (Å²) in [5.41, 5.74) is 0.645. The average molecular weight is 361 g/mol. The fourth-order valence-electron chi connectivity index (χ4n) is 1.99. The molecule has 7 heteroatoms. The number of carbonyl (C=O) groups is 1. The van der Waals surface area contributed by atoms with Crippen LogP contribution in [0.2, 0.25) is 0 Å². The first-order valence-electron chi connectivity index (χ1n) is 8.16. The predicted octanol–water partition coefficient (Wildman–Crippen LogP) is 3.41. The Labute approximate surface area is 150 Å². The van der Waals surface area contributed by atoms with E-state index < -0.39 is 6.09 Å². The smallest absolute Gasteiger partial charge is 0.411 e. The van der Waals surface area contributed by atoms with Crippen molar-refractivity contribution in [1.29, 1.82) is 0 Å². The van der Waals surface area contributed by atoms with Crippen LogP contribution in [0.1, 0.15) is 20.8 Å². The van der Waals surface area contributed by atoms with Crippen molar-refractivity contribution in [2.75, 3.05) is 51.4 Å². The molecule has 0 saturated carbocycles. The van der Waals surface area contributed by atoms with Gasteiger partial charge in [0, 0.05) is 24.9 Å². The van der Waals surface area contributed by atoms with Gasteiger partial charge in [0.05, 0.1) is 6.61 Å². The van der Waals surface area contributed by atoms with Crippen LogP contribution in [0.5, 0.6) is 5.75 Å². The van der Waals surface area contributed by atoms with Crippen LogP contribution in [0.3, 0.4) is 0 Å². The first kappa shape index (κ1) is 22.5. The lowest BCUT2D eigenvalue weighted by Gasteiger charge is -2.17. The summed E-state index contributed by atoms with van der Waals surface area (Å²) in [5, 5.41) is 2.70. The van der Waals surface area contributed by atoms with E-state index in [1.165, 1.54) is 0 Å². The van der Waals surface area contributed by atoms with Crippen molar-refractivity contribution in [3.05, 3.63) is 24.3 Å². The highest BCUT2D eigenvalue weighted by molar-refractivity contribution is 5.85. The Kier molecular flexibility index (Phi) is 13.0. The van der Waals surface area contributed by atoms with Gasteiger partial charge in [0.1, 0.15) is 19.0 Å². The highest BCUT2D eigenvalue weighted by Crippen LogP contribution is 2.17. The number of benzene rings is 1. The molecule has 1 amide bonds. The van der Waals surface area contributed by atoms with Crippen molar-refractivity contribution in [1.82, 2.24) is 4.90 Å². The van der Waals surface area contributed by atoms with Crippen molar-refractivity contribution in [3.8, 4) is 5.75 Å². The molecule has 1 rings (SSSR count). The summed E-state index contributed by atoms with van der Waals surface area (Å²) in [7, 11) is 0. The normalized spacial score (nSPS) is 10.2. The quantitative estimate of drug-likeness (QED) is 0.613. The molecule has 1 aromatic rings. The van der Waals surface area contributed by atoms with Gasteiger partial charge in [-0.25, -0.2) is 4.79 Å². The van der Waals surface area contributed by atoms with E-state index in [2.05, 4.69) is 24.1 Å². The fourth-order valence-corrected chi connectivity index (χ4v) is 1.99. The average Bonchev–Trinajstić information content (AvgIpc) is 2.56. The first-order chi connectivity index (χ1) is 11.2. The molecule has 6 nitrogen and oxygen atoms in total. The monoisotopic (exact) mass is 360 g/mol. The molecule has 0 spiro atoms. The van der Waals surface area contributed by atoms with Crippen LogP contribution in [0.15, 0.2) is 24.3 Å². The second-order valence-corrected chi connectivity index (χ2v) is 4.86. The molecule has 0 aliphatic carbocycles. The highest BCUT2D eigenvalue weighted by atomic mass is 35.5. The minimum atomic E-state index is -0.455. The van der Waals surface area contributed by atoms with E-state index in [9.17, 15) is 4.79 Å². The van der Waals surface area contributed by atoms with Gasteiger partial charge in [-0.3, -0.25) is 5.32 Å². The van der Waals surface area contributed by atoms with E-state index in [0.29, 0.717) is 37.9 Å². The van der Waals surface area contributed by atoms with Crippen molar-refractivity contribution < 1.29 is 19.0 Å². The molecule has 1 aromatic carbocycles. The van der Waals surface area contributed by atoms with E-state index >= 15 is 0 Å². The fraction of sp³-hybridized carbons (Fsp3) is 0.588. The van der Waals surface area contributed by atoms with Crippen LogP contribution < -0.4 is 10.1 Å². The third-order valence-corrected chi connectivity index (χ3v) is 3.32. The van der Waals surface area contributed by atoms with Gasteiger partial charge in [0.15, 0.2) is 0 Å². The maximum Gasteiger partial charge on any atom is 0.411 e. The summed E-state index contributed by atoms with van der Waals surface area (Å²) in [6.07, 6.45) is -0.455. The summed E-state index contributed by atoms with van der Waals surface area (Å²) in [6, 6.07) is 7.21. The van der Waals surface area contributed by atoms with E-state index in [4.69, 9.17) is 14.2 Å². The lowest BCUT2D eigenvalue weighted by atomic mass is 10.3. The zero-order chi connectivity index (χ0) is 16.9. The minimum Gasteiger partial charge on any atom is -0.491 e. The van der Waals surface area contributed by atoms with Crippen LogP contribution in [0.4, 0.5) is 10.5 Å². The highest BCUT2D eigenvalue weighted by Gasteiger charge is 2.06. The van der Waals surface area contributed by atoms with Crippen molar-refractivity contribution in [2.24, 2.45) is 0 Å². The van der Waals surface area contributed by atoms with Crippen LogP contribution in [0.25, 0.3) is 0 Å². The van der Waals surface area contributed by atoms with Crippen LogP contribution >= 0.6 is 12.4 Å². The number of amides is 1. The van der Waals surface area contributed by atoms with E-state index in [1.54, 1.807) is 12.1 Å². The number of nitrogens with one attached hydrogen (secondary N) is 1. The summed E-state index contributed by atoms with van der Waals surface area (Å²) in [6.45, 7) is 10.8. The molecular weight excluding hydrogens is 332 g/mol. The van der Waals surface area contributed by atoms with Gasteiger partial charge in [-0.15, -0.1) is 12.4 Å². The Morgan fingerprint density at radius 1 is 1.12 bits per heavy atom. The first-order valence-corrected chi connectivity index (χ1v) is 8.16. The molecular formula is C17H29ClN2O4. The molecule has 0 unspecified atom stereocenters. The molecule has 0 radical (unpaired) electrons. The number of ether oxygens (including phenoxy) is 3. The Balaban J connectivity index is 0.00000529. The Morgan fingerprint density at radius 3 is 2.54 bits per heavy atom. The topological polar surface area (TPSA) is 60.0 Å². The lowest BCUT2D eigenvalue weighted by Crippen LogP contribution is -2.28. The summed E-state index contributed by atoms with van der Waals surface area (Å²) in [4.78, 5) is 14.0. The molecule has 0 bridgehead atoms. The van der Waals surface area contributed by atoms with Gasteiger partial charge in [0.2, 0.25) is 0 Å². The molecule has 0 heterocycles. The molecule has 138 valence electrons. The number of hydrogen-bond acceptors (Lipinski definition) is 5. The van der Waals surface area contributed by atoms with Gasteiger partial charge in [-0.05, 0) is 32.1 Å². The number of likely N-dealkylation sites (N-methyl/N-ethyl adjacent to an activating group) is 1. The van der Waals surface area contributed by atoms with Crippen LogP contribution in [-0.4, -0.2) is 57.1 Å². The summed E-state index contributed by atoms with van der Waals surface area (Å²) < 4.78 is 15.9. The summed E-state index contributed by atoms with van der Waals surface area (Å²) >= 11 is 0. The largest absolute Gasteiger partial charge is 0.491 e. The number of anilines is 1. The maximum absolute atomic E-state index is 11.8. The van der Waals surface area contributed by atoms with E-state index in [0.717, 1.165) is 19.6 Å². The van der Waals surface area contributed by atoms with Crippen molar-refractivity contribution in [3.63, 3.8) is 0 Å². The molecule has 24 heavy (non-hydrogen) atoms. The van der Waals surface area contributed by atoms with Gasteiger partial charge in [-0.1, -0.05) is 19.9 Å². The van der Waals surface area contributed by atoms with Crippen molar-refractivity contribution >= 4 is 24.2 Å². The van der Waals surface area contributed by atoms with E-state index in [-0.39, 0.29) is 12.4 Å². The molecule has 0 fully saturated rings. The zero-order valence-corrected chi connectivity index (χ0v) is 15.6. The second-order valence-electron chi connectivity index (χ2n) is 4.86. The number of nitrogens with zero attached hydrogens (tertiary/aromatic N) is 1. The number of rotatable bonds is 11. The molecule has 1 N–H and O–H groups in total. The Morgan fingerprint density at radius 2 is 1.88 bits per heavy atom. The maximum atomic E-state index is 11.8. The zero-order valence-electron chi connectivity index (χ0n) is 14.7. The molecule has 0 atom stereocenters.